The lowest BCUT2D eigenvalue weighted by molar-refractivity contribution is 0.313. The van der Waals surface area contributed by atoms with Crippen molar-refractivity contribution in [3.63, 3.8) is 0 Å². The van der Waals surface area contributed by atoms with Crippen LogP contribution in [0.2, 0.25) is 0 Å². The average Bonchev–Trinajstić information content (AvgIpc) is 2.15. The van der Waals surface area contributed by atoms with Gasteiger partial charge in [-0.05, 0) is 32.0 Å². The maximum atomic E-state index is 5.63. The van der Waals surface area contributed by atoms with E-state index in [4.69, 9.17) is 4.74 Å². The van der Waals surface area contributed by atoms with Crippen molar-refractivity contribution in [2.24, 2.45) is 0 Å². The predicted molar refractivity (Wildman–Crippen MR) is 67.2 cm³/mol. The van der Waals surface area contributed by atoms with E-state index in [0.29, 0.717) is 0 Å². The molecule has 0 aliphatic carbocycles. The summed E-state index contributed by atoms with van der Waals surface area (Å²) in [7, 11) is 0. The molecule has 0 spiro atoms. The number of likely N-dealkylation sites (N-methyl/N-ethyl adjacent to an activating group) is 1. The smallest absolute Gasteiger partial charge is 0.122 e. The Morgan fingerprint density at radius 3 is 2.60 bits per heavy atom. The van der Waals surface area contributed by atoms with Crippen molar-refractivity contribution in [3.05, 3.63) is 29.3 Å². The van der Waals surface area contributed by atoms with Crippen LogP contribution in [0.3, 0.4) is 0 Å². The van der Waals surface area contributed by atoms with Crippen molar-refractivity contribution in [3.8, 4) is 5.75 Å². The first-order chi connectivity index (χ1) is 6.74. The van der Waals surface area contributed by atoms with Crippen molar-refractivity contribution < 1.29 is 4.74 Å². The molecule has 0 radical (unpaired) electrons. The Bertz CT molecular complexity index is 289. The van der Waals surface area contributed by atoms with Gasteiger partial charge in [-0.3, -0.25) is 0 Å². The largest absolute Gasteiger partial charge is 0.492 e. The van der Waals surface area contributed by atoms with Crippen molar-refractivity contribution in [2.45, 2.75) is 20.8 Å². The van der Waals surface area contributed by atoms with Gasteiger partial charge in [0.1, 0.15) is 12.4 Å². The van der Waals surface area contributed by atoms with Crippen LogP contribution < -0.4 is 10.1 Å². The molecule has 0 fully saturated rings. The fourth-order valence-electron chi connectivity index (χ4n) is 1.37. The second kappa shape index (κ2) is 7.55. The zero-order valence-electron chi connectivity index (χ0n) is 9.67. The molecular formula is C12H20ClNO. The third kappa shape index (κ3) is 5.05. The number of rotatable bonds is 5. The second-order valence-electron chi connectivity index (χ2n) is 3.47. The molecular weight excluding hydrogens is 210 g/mol. The minimum atomic E-state index is 0. The molecule has 0 aliphatic heterocycles. The number of hydrogen-bond donors (Lipinski definition) is 1. The van der Waals surface area contributed by atoms with Crippen molar-refractivity contribution in [2.75, 3.05) is 19.7 Å². The van der Waals surface area contributed by atoms with E-state index in [9.17, 15) is 0 Å². The third-order valence-electron chi connectivity index (χ3n) is 2.12. The van der Waals surface area contributed by atoms with Crippen LogP contribution in [0.25, 0.3) is 0 Å². The quantitative estimate of drug-likeness (QED) is 0.784. The van der Waals surface area contributed by atoms with Crippen LogP contribution in [0.15, 0.2) is 18.2 Å². The highest BCUT2D eigenvalue weighted by Gasteiger charge is 1.98. The maximum absolute atomic E-state index is 5.63. The molecule has 1 N–H and O–H groups in total. The Hall–Kier alpha value is -0.730. The summed E-state index contributed by atoms with van der Waals surface area (Å²) >= 11 is 0. The van der Waals surface area contributed by atoms with E-state index >= 15 is 0 Å². The highest BCUT2D eigenvalue weighted by molar-refractivity contribution is 5.85. The minimum absolute atomic E-state index is 0. The van der Waals surface area contributed by atoms with Gasteiger partial charge in [0.05, 0.1) is 0 Å². The summed E-state index contributed by atoms with van der Waals surface area (Å²) in [5.74, 6) is 0.994. The van der Waals surface area contributed by atoms with E-state index in [1.165, 1.54) is 11.1 Å². The highest BCUT2D eigenvalue weighted by atomic mass is 35.5. The molecule has 0 bridgehead atoms. The van der Waals surface area contributed by atoms with Gasteiger partial charge in [-0.1, -0.05) is 24.6 Å². The first kappa shape index (κ1) is 14.3. The Labute approximate surface area is 98.4 Å². The molecule has 0 aromatic heterocycles. The molecule has 0 saturated heterocycles. The molecule has 0 amide bonds. The first-order valence-corrected chi connectivity index (χ1v) is 5.15. The van der Waals surface area contributed by atoms with E-state index < -0.39 is 0 Å². The SMILES string of the molecule is CCNCCOc1ccc(C)cc1C.Cl. The van der Waals surface area contributed by atoms with Crippen LogP contribution in [0, 0.1) is 13.8 Å². The number of aryl methyl sites for hydroxylation is 2. The maximum Gasteiger partial charge on any atom is 0.122 e. The number of hydrogen-bond acceptors (Lipinski definition) is 2. The van der Waals surface area contributed by atoms with E-state index in [1.54, 1.807) is 0 Å². The fraction of sp³-hybridized carbons (Fsp3) is 0.500. The monoisotopic (exact) mass is 229 g/mol. The molecule has 1 aromatic rings. The number of nitrogens with one attached hydrogen (secondary N) is 1. The second-order valence-corrected chi connectivity index (χ2v) is 3.47. The predicted octanol–water partition coefficient (Wildman–Crippen LogP) is 2.71. The Morgan fingerprint density at radius 2 is 2.00 bits per heavy atom. The molecule has 2 nitrogen and oxygen atoms in total. The summed E-state index contributed by atoms with van der Waals surface area (Å²) in [6.07, 6.45) is 0. The molecule has 15 heavy (non-hydrogen) atoms. The summed E-state index contributed by atoms with van der Waals surface area (Å²) in [5.41, 5.74) is 2.49. The summed E-state index contributed by atoms with van der Waals surface area (Å²) in [6, 6.07) is 6.26. The lowest BCUT2D eigenvalue weighted by atomic mass is 10.1. The van der Waals surface area contributed by atoms with Gasteiger partial charge < -0.3 is 10.1 Å². The molecule has 1 aromatic carbocycles. The third-order valence-corrected chi connectivity index (χ3v) is 2.12. The minimum Gasteiger partial charge on any atom is -0.492 e. The van der Waals surface area contributed by atoms with Crippen LogP contribution in [0.1, 0.15) is 18.1 Å². The summed E-state index contributed by atoms with van der Waals surface area (Å²) in [4.78, 5) is 0. The standard InChI is InChI=1S/C12H19NO.ClH/c1-4-13-7-8-14-12-6-5-10(2)9-11(12)3;/h5-6,9,13H,4,7-8H2,1-3H3;1H. The Balaban J connectivity index is 0.00000196. The van der Waals surface area contributed by atoms with Crippen molar-refractivity contribution >= 4 is 12.4 Å². The normalized spacial score (nSPS) is 9.53. The molecule has 0 heterocycles. The van der Waals surface area contributed by atoms with Gasteiger partial charge in [0.2, 0.25) is 0 Å². The average molecular weight is 230 g/mol. The zero-order chi connectivity index (χ0) is 10.4. The van der Waals surface area contributed by atoms with Crippen LogP contribution in [-0.4, -0.2) is 19.7 Å². The van der Waals surface area contributed by atoms with Crippen LogP contribution in [-0.2, 0) is 0 Å². The number of ether oxygens (including phenoxy) is 1. The van der Waals surface area contributed by atoms with Gasteiger partial charge in [-0.15, -0.1) is 12.4 Å². The fourth-order valence-corrected chi connectivity index (χ4v) is 1.37. The lowest BCUT2D eigenvalue weighted by Crippen LogP contribution is -2.20. The van der Waals surface area contributed by atoms with E-state index in [1.807, 2.05) is 6.07 Å². The zero-order valence-corrected chi connectivity index (χ0v) is 10.5. The topological polar surface area (TPSA) is 21.3 Å². The highest BCUT2D eigenvalue weighted by Crippen LogP contribution is 2.18. The summed E-state index contributed by atoms with van der Waals surface area (Å²) in [5, 5.41) is 3.22. The number of halogens is 1. The van der Waals surface area contributed by atoms with Crippen molar-refractivity contribution in [1.82, 2.24) is 5.32 Å². The first-order valence-electron chi connectivity index (χ1n) is 5.15. The van der Waals surface area contributed by atoms with Gasteiger partial charge >= 0.3 is 0 Å². The molecule has 0 saturated carbocycles. The van der Waals surface area contributed by atoms with E-state index in [2.05, 4.69) is 38.2 Å². The van der Waals surface area contributed by atoms with Gasteiger partial charge in [-0.25, -0.2) is 0 Å². The lowest BCUT2D eigenvalue weighted by Gasteiger charge is -2.09. The van der Waals surface area contributed by atoms with E-state index in [-0.39, 0.29) is 12.4 Å². The molecule has 1 rings (SSSR count). The van der Waals surface area contributed by atoms with Gasteiger partial charge in [-0.2, -0.15) is 0 Å². The van der Waals surface area contributed by atoms with Crippen molar-refractivity contribution in [1.29, 1.82) is 0 Å². The van der Waals surface area contributed by atoms with E-state index in [0.717, 1.165) is 25.4 Å². The summed E-state index contributed by atoms with van der Waals surface area (Å²) in [6.45, 7) is 8.90. The van der Waals surface area contributed by atoms with Gasteiger partial charge in [0.15, 0.2) is 0 Å². The Kier molecular flexibility index (Phi) is 7.18. The van der Waals surface area contributed by atoms with Crippen LogP contribution >= 0.6 is 12.4 Å². The number of benzene rings is 1. The van der Waals surface area contributed by atoms with Gasteiger partial charge in [0.25, 0.3) is 0 Å². The molecule has 0 atom stereocenters. The van der Waals surface area contributed by atoms with Crippen LogP contribution in [0.5, 0.6) is 5.75 Å². The molecule has 3 heteroatoms. The van der Waals surface area contributed by atoms with Gasteiger partial charge in [0, 0.05) is 6.54 Å². The Morgan fingerprint density at radius 1 is 1.27 bits per heavy atom. The molecule has 86 valence electrons. The molecule has 0 aliphatic rings. The summed E-state index contributed by atoms with van der Waals surface area (Å²) < 4.78 is 5.63. The van der Waals surface area contributed by atoms with Crippen LogP contribution in [0.4, 0.5) is 0 Å². The molecule has 0 unspecified atom stereocenters.